The van der Waals surface area contributed by atoms with Crippen LogP contribution in [-0.4, -0.2) is 4.92 Å². The molecule has 0 amide bonds. The van der Waals surface area contributed by atoms with Gasteiger partial charge in [0.05, 0.1) is 10.5 Å². The van der Waals surface area contributed by atoms with E-state index in [1.54, 1.807) is 25.1 Å². The van der Waals surface area contributed by atoms with Crippen LogP contribution >= 0.6 is 0 Å². The second-order valence-electron chi connectivity index (χ2n) is 3.29. The number of rotatable bonds is 3. The third kappa shape index (κ3) is 1.97. The number of hydrogen-bond acceptors (Lipinski definition) is 3. The number of nitrogens with zero attached hydrogens (tertiary/aromatic N) is 1. The summed E-state index contributed by atoms with van der Waals surface area (Å²) >= 11 is 0. The van der Waals surface area contributed by atoms with Crippen LogP contribution < -0.4 is 5.73 Å². The summed E-state index contributed by atoms with van der Waals surface area (Å²) in [5.41, 5.74) is 5.86. The molecule has 0 aliphatic rings. The molecule has 0 unspecified atom stereocenters. The minimum atomic E-state index is -0.730. The van der Waals surface area contributed by atoms with Crippen LogP contribution in [0.4, 0.5) is 5.69 Å². The van der Waals surface area contributed by atoms with Crippen LogP contribution in [0.3, 0.4) is 0 Å². The van der Waals surface area contributed by atoms with Gasteiger partial charge in [0.1, 0.15) is 0 Å². The average molecular weight is 192 g/mol. The molecule has 0 heterocycles. The molecule has 0 saturated heterocycles. The summed E-state index contributed by atoms with van der Waals surface area (Å²) in [7, 11) is 0. The fourth-order valence-corrected chi connectivity index (χ4v) is 1.07. The Balaban J connectivity index is 3.18. The minimum Gasteiger partial charge on any atom is -0.318 e. The number of non-ortho nitro benzene ring substituents is 1. The molecule has 14 heavy (non-hydrogen) atoms. The maximum atomic E-state index is 10.5. The summed E-state index contributed by atoms with van der Waals surface area (Å²) in [5, 5.41) is 10.5. The molecule has 1 rings (SSSR count). The number of nitro benzene ring substituents is 1. The summed E-state index contributed by atoms with van der Waals surface area (Å²) in [6.45, 7) is 5.34. The van der Waals surface area contributed by atoms with E-state index < -0.39 is 10.5 Å². The lowest BCUT2D eigenvalue weighted by molar-refractivity contribution is -0.384. The Labute approximate surface area is 82.2 Å². The Morgan fingerprint density at radius 1 is 1.64 bits per heavy atom. The average Bonchev–Trinajstić information content (AvgIpc) is 2.18. The van der Waals surface area contributed by atoms with Crippen LogP contribution in [-0.2, 0) is 5.54 Å². The van der Waals surface area contributed by atoms with Gasteiger partial charge in [-0.1, -0.05) is 18.2 Å². The van der Waals surface area contributed by atoms with Crippen LogP contribution in [0.25, 0.3) is 0 Å². The zero-order valence-corrected chi connectivity index (χ0v) is 7.93. The maximum Gasteiger partial charge on any atom is 0.269 e. The van der Waals surface area contributed by atoms with Crippen LogP contribution in [0.5, 0.6) is 0 Å². The topological polar surface area (TPSA) is 69.2 Å². The van der Waals surface area contributed by atoms with Crippen molar-refractivity contribution in [3.8, 4) is 0 Å². The second-order valence-corrected chi connectivity index (χ2v) is 3.29. The Kier molecular flexibility index (Phi) is 2.67. The zero-order valence-electron chi connectivity index (χ0n) is 7.93. The molecular formula is C10H12N2O2. The lowest BCUT2D eigenvalue weighted by atomic mass is 9.93. The predicted octanol–water partition coefficient (Wildman–Crippen LogP) is 1.95. The first kappa shape index (κ1) is 10.4. The number of nitro groups is 1. The third-order valence-electron chi connectivity index (χ3n) is 2.10. The first-order valence-corrected chi connectivity index (χ1v) is 4.15. The Morgan fingerprint density at radius 2 is 2.29 bits per heavy atom. The van der Waals surface area contributed by atoms with Crippen molar-refractivity contribution in [2.45, 2.75) is 12.5 Å². The monoisotopic (exact) mass is 192 g/mol. The molecule has 0 aliphatic heterocycles. The van der Waals surface area contributed by atoms with Gasteiger partial charge in [0, 0.05) is 12.1 Å². The van der Waals surface area contributed by atoms with Crippen molar-refractivity contribution in [2.75, 3.05) is 0 Å². The Hall–Kier alpha value is -1.68. The highest BCUT2D eigenvalue weighted by Gasteiger charge is 2.18. The third-order valence-corrected chi connectivity index (χ3v) is 2.10. The molecular weight excluding hydrogens is 180 g/mol. The standard InChI is InChI=1S/C10H12N2O2/c1-3-10(2,11)8-5-4-6-9(7-8)12(13)14/h3-7H,1,11H2,2H3/t10-/m0/s1. The molecule has 1 atom stereocenters. The van der Waals surface area contributed by atoms with Crippen LogP contribution in [0.2, 0.25) is 0 Å². The maximum absolute atomic E-state index is 10.5. The largest absolute Gasteiger partial charge is 0.318 e. The van der Waals surface area contributed by atoms with Gasteiger partial charge in [-0.15, -0.1) is 6.58 Å². The highest BCUT2D eigenvalue weighted by molar-refractivity contribution is 5.39. The lowest BCUT2D eigenvalue weighted by Crippen LogP contribution is -2.29. The molecule has 4 nitrogen and oxygen atoms in total. The lowest BCUT2D eigenvalue weighted by Gasteiger charge is -2.19. The van der Waals surface area contributed by atoms with Crippen molar-refractivity contribution in [2.24, 2.45) is 5.73 Å². The van der Waals surface area contributed by atoms with Crippen molar-refractivity contribution < 1.29 is 4.92 Å². The number of benzene rings is 1. The molecule has 0 bridgehead atoms. The van der Waals surface area contributed by atoms with Crippen molar-refractivity contribution in [3.63, 3.8) is 0 Å². The second kappa shape index (κ2) is 3.59. The van der Waals surface area contributed by atoms with Gasteiger partial charge in [-0.05, 0) is 12.5 Å². The molecule has 0 aliphatic carbocycles. The molecule has 4 heteroatoms. The van der Waals surface area contributed by atoms with E-state index in [0.717, 1.165) is 0 Å². The van der Waals surface area contributed by atoms with Crippen LogP contribution in [0.15, 0.2) is 36.9 Å². The molecule has 74 valence electrons. The van der Waals surface area contributed by atoms with Crippen molar-refractivity contribution in [3.05, 3.63) is 52.6 Å². The van der Waals surface area contributed by atoms with Gasteiger partial charge in [0.15, 0.2) is 0 Å². The van der Waals surface area contributed by atoms with E-state index in [1.165, 1.54) is 12.1 Å². The fourth-order valence-electron chi connectivity index (χ4n) is 1.07. The molecule has 0 fully saturated rings. The van der Waals surface area contributed by atoms with Gasteiger partial charge < -0.3 is 5.73 Å². The molecule has 0 saturated carbocycles. The Morgan fingerprint density at radius 3 is 2.79 bits per heavy atom. The molecule has 2 N–H and O–H groups in total. The predicted molar refractivity (Wildman–Crippen MR) is 54.8 cm³/mol. The minimum absolute atomic E-state index is 0.0426. The number of hydrogen-bond donors (Lipinski definition) is 1. The van der Waals surface area contributed by atoms with Crippen molar-refractivity contribution in [1.29, 1.82) is 0 Å². The van der Waals surface area contributed by atoms with Crippen molar-refractivity contribution >= 4 is 5.69 Å². The SMILES string of the molecule is C=C[C@](C)(N)c1cccc([N+](=O)[O-])c1. The van der Waals surface area contributed by atoms with E-state index in [0.29, 0.717) is 5.56 Å². The molecule has 1 aromatic rings. The molecule has 1 aromatic carbocycles. The molecule has 0 radical (unpaired) electrons. The highest BCUT2D eigenvalue weighted by atomic mass is 16.6. The van der Waals surface area contributed by atoms with E-state index in [2.05, 4.69) is 6.58 Å². The normalized spacial score (nSPS) is 14.4. The van der Waals surface area contributed by atoms with Gasteiger partial charge in [-0.3, -0.25) is 10.1 Å². The summed E-state index contributed by atoms with van der Waals surface area (Å²) in [5.74, 6) is 0. The number of nitrogens with two attached hydrogens (primary N) is 1. The van der Waals surface area contributed by atoms with Gasteiger partial charge in [-0.2, -0.15) is 0 Å². The summed E-state index contributed by atoms with van der Waals surface area (Å²) < 4.78 is 0. The summed E-state index contributed by atoms with van der Waals surface area (Å²) in [6.07, 6.45) is 1.56. The molecule has 0 spiro atoms. The van der Waals surface area contributed by atoms with E-state index >= 15 is 0 Å². The summed E-state index contributed by atoms with van der Waals surface area (Å²) in [4.78, 5) is 10.1. The van der Waals surface area contributed by atoms with Gasteiger partial charge in [0.25, 0.3) is 5.69 Å². The first-order chi connectivity index (χ1) is 6.47. The van der Waals surface area contributed by atoms with E-state index in [1.807, 2.05) is 0 Å². The van der Waals surface area contributed by atoms with Crippen molar-refractivity contribution in [1.82, 2.24) is 0 Å². The smallest absolute Gasteiger partial charge is 0.269 e. The summed E-state index contributed by atoms with van der Waals surface area (Å²) in [6, 6.07) is 6.25. The van der Waals surface area contributed by atoms with Crippen LogP contribution in [0, 0.1) is 10.1 Å². The first-order valence-electron chi connectivity index (χ1n) is 4.15. The quantitative estimate of drug-likeness (QED) is 0.452. The van der Waals surface area contributed by atoms with Crippen LogP contribution in [0.1, 0.15) is 12.5 Å². The van der Waals surface area contributed by atoms with E-state index in [9.17, 15) is 10.1 Å². The van der Waals surface area contributed by atoms with Gasteiger partial charge >= 0.3 is 0 Å². The van der Waals surface area contributed by atoms with E-state index in [4.69, 9.17) is 5.73 Å². The van der Waals surface area contributed by atoms with Gasteiger partial charge in [-0.25, -0.2) is 0 Å². The fraction of sp³-hybridized carbons (Fsp3) is 0.200. The molecule has 0 aromatic heterocycles. The Bertz CT molecular complexity index is 372. The van der Waals surface area contributed by atoms with Gasteiger partial charge in [0.2, 0.25) is 0 Å². The van der Waals surface area contributed by atoms with E-state index in [-0.39, 0.29) is 5.69 Å². The highest BCUT2D eigenvalue weighted by Crippen LogP contribution is 2.22. The zero-order chi connectivity index (χ0) is 10.8.